The van der Waals surface area contributed by atoms with Gasteiger partial charge in [0, 0.05) is 35.1 Å². The Morgan fingerprint density at radius 1 is 1.10 bits per heavy atom. The van der Waals surface area contributed by atoms with Gasteiger partial charge in [-0.15, -0.1) is 0 Å². The quantitative estimate of drug-likeness (QED) is 0.468. The molecule has 5 aliphatic heterocycles. The van der Waals surface area contributed by atoms with Gasteiger partial charge in [-0.1, -0.05) is 39.3 Å². The molecule has 212 valence electrons. The molecule has 40 heavy (non-hydrogen) atoms. The Balaban J connectivity index is 1.41. The second kappa shape index (κ2) is 10.5. The van der Waals surface area contributed by atoms with Crippen molar-refractivity contribution in [1.29, 1.82) is 5.41 Å². The van der Waals surface area contributed by atoms with E-state index in [0.717, 1.165) is 49.0 Å². The largest absolute Gasteiger partial charge is 0.493 e. The number of rotatable bonds is 2. The lowest BCUT2D eigenvalue weighted by atomic mass is 9.83. The number of fused-ring (bicyclic) bond motifs is 6. The smallest absolute Gasteiger partial charge is 0.251 e. The first-order chi connectivity index (χ1) is 19.3. The number of nitrogens with one attached hydrogen (secondary N) is 3. The zero-order valence-corrected chi connectivity index (χ0v) is 23.7. The first-order valence-electron chi connectivity index (χ1n) is 14.8. The second-order valence-corrected chi connectivity index (χ2v) is 12.2. The maximum atomic E-state index is 13.7. The van der Waals surface area contributed by atoms with Crippen molar-refractivity contribution < 1.29 is 19.1 Å². The van der Waals surface area contributed by atoms with Crippen LogP contribution in [0.25, 0.3) is 0 Å². The van der Waals surface area contributed by atoms with Gasteiger partial charge in [0.2, 0.25) is 5.91 Å². The minimum absolute atomic E-state index is 0.0148. The molecule has 0 radical (unpaired) electrons. The highest BCUT2D eigenvalue weighted by Crippen LogP contribution is 2.41. The highest BCUT2D eigenvalue weighted by molar-refractivity contribution is 6.00. The van der Waals surface area contributed by atoms with E-state index in [2.05, 4.69) is 49.6 Å². The summed E-state index contributed by atoms with van der Waals surface area (Å²) in [6.07, 6.45) is 6.10. The van der Waals surface area contributed by atoms with Gasteiger partial charge in [0.1, 0.15) is 17.6 Å². The molecule has 7 rings (SSSR count). The predicted molar refractivity (Wildman–Crippen MR) is 153 cm³/mol. The van der Waals surface area contributed by atoms with Crippen molar-refractivity contribution in [2.24, 2.45) is 5.92 Å². The molecule has 0 aromatic heterocycles. The van der Waals surface area contributed by atoms with Crippen molar-refractivity contribution in [3.8, 4) is 11.5 Å². The van der Waals surface area contributed by atoms with E-state index < -0.39 is 5.54 Å². The minimum atomic E-state index is -0.410. The van der Waals surface area contributed by atoms with Crippen molar-refractivity contribution in [1.82, 2.24) is 15.5 Å². The molecule has 0 aliphatic carbocycles. The lowest BCUT2D eigenvalue weighted by Gasteiger charge is -2.46. The molecule has 4 atom stereocenters. The molecule has 2 amide bonds. The molecule has 3 N–H and O–H groups in total. The number of carbonyl (C=O) groups is 2. The molecule has 0 unspecified atom stereocenters. The van der Waals surface area contributed by atoms with Crippen LogP contribution in [0.1, 0.15) is 105 Å². The molecule has 0 spiro atoms. The van der Waals surface area contributed by atoms with Gasteiger partial charge in [-0.3, -0.25) is 19.9 Å². The molecular formula is C32H40N4O4. The number of benzene rings is 2. The average molecular weight is 545 g/mol. The first-order valence-corrected chi connectivity index (χ1v) is 14.8. The second-order valence-electron chi connectivity index (χ2n) is 12.2. The summed E-state index contributed by atoms with van der Waals surface area (Å²) in [6.45, 7) is 6.85. The molecule has 2 aromatic carbocycles. The van der Waals surface area contributed by atoms with E-state index in [1.165, 1.54) is 5.56 Å². The van der Waals surface area contributed by atoms with Crippen LogP contribution in [0.2, 0.25) is 0 Å². The zero-order chi connectivity index (χ0) is 28.0. The van der Waals surface area contributed by atoms with Crippen molar-refractivity contribution >= 4 is 17.8 Å². The van der Waals surface area contributed by atoms with Crippen LogP contribution in [0.15, 0.2) is 36.4 Å². The van der Waals surface area contributed by atoms with E-state index in [0.29, 0.717) is 43.1 Å². The molecule has 2 aromatic rings. The van der Waals surface area contributed by atoms with Crippen LogP contribution in [-0.2, 0) is 11.2 Å². The fourth-order valence-electron chi connectivity index (χ4n) is 6.79. The summed E-state index contributed by atoms with van der Waals surface area (Å²) >= 11 is 0. The van der Waals surface area contributed by atoms with E-state index in [-0.39, 0.29) is 36.0 Å². The maximum Gasteiger partial charge on any atom is 0.251 e. The van der Waals surface area contributed by atoms with Gasteiger partial charge in [0.15, 0.2) is 5.96 Å². The zero-order valence-electron chi connectivity index (χ0n) is 23.7. The third-order valence-corrected chi connectivity index (χ3v) is 9.27. The Labute approximate surface area is 236 Å². The Hall–Kier alpha value is -3.55. The van der Waals surface area contributed by atoms with Crippen molar-refractivity contribution in [3.63, 3.8) is 0 Å². The molecule has 1 fully saturated rings. The molecule has 0 saturated carbocycles. The monoisotopic (exact) mass is 544 g/mol. The number of hydrogen-bond acceptors (Lipinski definition) is 5. The van der Waals surface area contributed by atoms with E-state index in [1.54, 1.807) is 11.0 Å². The van der Waals surface area contributed by atoms with Crippen LogP contribution in [-0.4, -0.2) is 40.9 Å². The molecule has 5 aliphatic rings. The molecule has 1 saturated heterocycles. The fourth-order valence-corrected chi connectivity index (χ4v) is 6.79. The highest BCUT2D eigenvalue weighted by atomic mass is 16.5. The lowest BCUT2D eigenvalue weighted by molar-refractivity contribution is -0.133. The highest BCUT2D eigenvalue weighted by Gasteiger charge is 2.44. The number of hydrogen-bond donors (Lipinski definition) is 3. The Morgan fingerprint density at radius 3 is 2.70 bits per heavy atom. The standard InChI is InChI=1S/C32H40N4O4/c1-4-32-13-6-5-7-20-8-10-27-22(15-20)24(17-28(40-27)19(2)3)34-30(38)21-9-11-26-23(16-21)25(12-14-39-26)36(29(37)18-32)31(33)35-32/h8-11,15-16,19,24-25,28H,4-7,12-14,17-18H2,1-3H3,(H2,33,35)(H,34,38)/t24-,25+,28-,32+/m0/s1. The summed E-state index contributed by atoms with van der Waals surface area (Å²) in [6, 6.07) is 11.3. The van der Waals surface area contributed by atoms with Crippen LogP contribution < -0.4 is 20.1 Å². The van der Waals surface area contributed by atoms with Crippen LogP contribution in [0.4, 0.5) is 0 Å². The topological polar surface area (TPSA) is 104 Å². The summed E-state index contributed by atoms with van der Waals surface area (Å²) in [5, 5.41) is 15.6. The van der Waals surface area contributed by atoms with Crippen molar-refractivity contribution in [2.75, 3.05) is 6.61 Å². The third kappa shape index (κ3) is 4.82. The summed E-state index contributed by atoms with van der Waals surface area (Å²) in [5.74, 6) is 1.77. The SMILES string of the molecule is CC[C@]12CCCCc3ccc4c(c3)[C@H](C[C@@H](C(C)C)O4)NC(=O)c3ccc4c(c3)[C@@H](CCO4)N(C(=N)N1)C(=O)C2. The number of amides is 2. The third-order valence-electron chi connectivity index (χ3n) is 9.27. The van der Waals surface area contributed by atoms with Crippen LogP contribution in [0, 0.1) is 11.3 Å². The van der Waals surface area contributed by atoms with Crippen LogP contribution >= 0.6 is 0 Å². The lowest BCUT2D eigenvalue weighted by Crippen LogP contribution is -2.63. The Morgan fingerprint density at radius 2 is 1.93 bits per heavy atom. The first kappa shape index (κ1) is 26.7. The minimum Gasteiger partial charge on any atom is -0.493 e. The molecule has 6 bridgehead atoms. The number of guanidine groups is 1. The maximum absolute atomic E-state index is 13.7. The van der Waals surface area contributed by atoms with Gasteiger partial charge >= 0.3 is 0 Å². The average Bonchev–Trinajstić information content (AvgIpc) is 2.94. The number of carbonyl (C=O) groups excluding carboxylic acids is 2. The van der Waals surface area contributed by atoms with Gasteiger partial charge < -0.3 is 20.1 Å². The molecule has 8 heteroatoms. The summed E-state index contributed by atoms with van der Waals surface area (Å²) < 4.78 is 12.3. The summed E-state index contributed by atoms with van der Waals surface area (Å²) in [7, 11) is 0. The van der Waals surface area contributed by atoms with E-state index >= 15 is 0 Å². The normalized spacial score (nSPS) is 28.1. The van der Waals surface area contributed by atoms with E-state index in [4.69, 9.17) is 14.9 Å². The fraction of sp³-hybridized carbons (Fsp3) is 0.531. The molecule has 5 heterocycles. The van der Waals surface area contributed by atoms with Gasteiger partial charge in [-0.25, -0.2) is 0 Å². The van der Waals surface area contributed by atoms with Gasteiger partial charge in [-0.2, -0.15) is 0 Å². The van der Waals surface area contributed by atoms with E-state index in [1.807, 2.05) is 12.1 Å². The number of ether oxygens (including phenoxy) is 2. The Bertz CT molecular complexity index is 1320. The predicted octanol–water partition coefficient (Wildman–Crippen LogP) is 5.42. The van der Waals surface area contributed by atoms with Gasteiger partial charge in [-0.05, 0) is 61.4 Å². The summed E-state index contributed by atoms with van der Waals surface area (Å²) in [4.78, 5) is 28.9. The van der Waals surface area contributed by atoms with Gasteiger partial charge in [0.05, 0.1) is 25.1 Å². The number of nitrogens with zero attached hydrogens (tertiary/aromatic N) is 1. The van der Waals surface area contributed by atoms with E-state index in [9.17, 15) is 9.59 Å². The Kier molecular flexibility index (Phi) is 6.97. The molecular weight excluding hydrogens is 504 g/mol. The van der Waals surface area contributed by atoms with Gasteiger partial charge in [0.25, 0.3) is 5.91 Å². The van der Waals surface area contributed by atoms with Crippen molar-refractivity contribution in [3.05, 3.63) is 58.7 Å². The molecule has 8 nitrogen and oxygen atoms in total. The van der Waals surface area contributed by atoms with Crippen molar-refractivity contribution in [2.45, 2.75) is 95.9 Å². The summed E-state index contributed by atoms with van der Waals surface area (Å²) in [5.41, 5.74) is 3.15. The van der Waals surface area contributed by atoms with Crippen LogP contribution in [0.5, 0.6) is 11.5 Å². The van der Waals surface area contributed by atoms with Crippen LogP contribution in [0.3, 0.4) is 0 Å². The number of aryl methyl sites for hydroxylation is 1.